The van der Waals surface area contributed by atoms with Gasteiger partial charge in [0.1, 0.15) is 12.7 Å². The van der Waals surface area contributed by atoms with Gasteiger partial charge in [0.25, 0.3) is 0 Å². The lowest BCUT2D eigenvalue weighted by atomic mass is 10.1. The smallest absolute Gasteiger partial charge is 0.462 e. The summed E-state index contributed by atoms with van der Waals surface area (Å²) in [6, 6.07) is 0. The molecule has 0 rings (SSSR count). The fraction of sp³-hybridized carbons (Fsp3) is 0.839. The zero-order valence-electron chi connectivity index (χ0n) is 43.8. The molecule has 0 bridgehead atoms. The van der Waals surface area contributed by atoms with Crippen LogP contribution in [0.3, 0.4) is 0 Å². The number of hydrogen-bond acceptors (Lipinski definition) is 10. The molecule has 0 aliphatic carbocycles. The summed E-state index contributed by atoms with van der Waals surface area (Å²) < 4.78 is 39.4. The highest BCUT2D eigenvalue weighted by Gasteiger charge is 2.28. The van der Waals surface area contributed by atoms with Crippen LogP contribution in [0.5, 0.6) is 0 Å². The molecule has 3 atom stereocenters. The van der Waals surface area contributed by atoms with Gasteiger partial charge in [-0.05, 0) is 77.0 Å². The minimum absolute atomic E-state index is 0.153. The van der Waals surface area contributed by atoms with Gasteiger partial charge in [0.2, 0.25) is 0 Å². The Labute approximate surface area is 416 Å². The van der Waals surface area contributed by atoms with Gasteiger partial charge in [-0.25, -0.2) is 4.57 Å². The molecule has 0 aromatic rings. The van der Waals surface area contributed by atoms with Crippen molar-refractivity contribution in [2.75, 3.05) is 26.4 Å². The van der Waals surface area contributed by atoms with E-state index in [0.29, 0.717) is 19.3 Å². The second-order valence-corrected chi connectivity index (χ2v) is 20.2. The summed E-state index contributed by atoms with van der Waals surface area (Å²) in [6.07, 6.45) is 51.0. The highest BCUT2D eigenvalue weighted by Crippen LogP contribution is 2.43. The van der Waals surface area contributed by atoms with E-state index in [0.717, 1.165) is 103 Å². The average Bonchev–Trinajstić information content (AvgIpc) is 3.32. The van der Waals surface area contributed by atoms with Gasteiger partial charge >= 0.3 is 25.7 Å². The van der Waals surface area contributed by atoms with Crippen molar-refractivity contribution in [1.29, 1.82) is 0 Å². The van der Waals surface area contributed by atoms with Crippen LogP contribution in [0, 0.1) is 0 Å². The molecule has 0 aromatic carbocycles. The molecule has 0 radical (unpaired) electrons. The van der Waals surface area contributed by atoms with E-state index in [1.165, 1.54) is 103 Å². The summed E-state index contributed by atoms with van der Waals surface area (Å²) in [4.78, 5) is 48.4. The first-order chi connectivity index (χ1) is 33.2. The topological polar surface area (TPSA) is 155 Å². The first-order valence-corrected chi connectivity index (χ1v) is 29.4. The molecule has 0 aliphatic rings. The maximum absolute atomic E-state index is 12.9. The number of rotatable bonds is 52. The number of allylic oxidation sites excluding steroid dienone is 6. The fourth-order valence-corrected chi connectivity index (χ4v) is 8.52. The van der Waals surface area contributed by atoms with E-state index in [1.807, 2.05) is 0 Å². The molecule has 0 aliphatic heterocycles. The van der Waals surface area contributed by atoms with Crippen LogP contribution in [0.2, 0.25) is 0 Å². The van der Waals surface area contributed by atoms with Gasteiger partial charge in [-0.2, -0.15) is 0 Å². The molecule has 2 N–H and O–H groups in total. The van der Waals surface area contributed by atoms with Crippen molar-refractivity contribution >= 4 is 25.7 Å². The van der Waals surface area contributed by atoms with E-state index in [4.69, 9.17) is 23.3 Å². The van der Waals surface area contributed by atoms with Crippen molar-refractivity contribution in [3.8, 4) is 0 Å². The Morgan fingerprint density at radius 2 is 0.721 bits per heavy atom. The Bertz CT molecular complexity index is 1280. The number of phosphoric acid groups is 1. The zero-order chi connectivity index (χ0) is 49.9. The van der Waals surface area contributed by atoms with E-state index in [-0.39, 0.29) is 25.9 Å². The number of phosphoric ester groups is 1. The number of ether oxygens (including phenoxy) is 3. The van der Waals surface area contributed by atoms with Crippen molar-refractivity contribution in [3.63, 3.8) is 0 Å². The second kappa shape index (κ2) is 51.1. The van der Waals surface area contributed by atoms with Crippen LogP contribution in [-0.4, -0.2) is 66.5 Å². The normalized spacial score (nSPS) is 13.7. The van der Waals surface area contributed by atoms with Gasteiger partial charge in [-0.3, -0.25) is 23.4 Å². The SMILES string of the molecule is CCCCC/C=C\C/C=C\CCCCCCCC(=O)OC(COC(=O)CCCCCCC/C=C\CCCCCCCC)COP(=O)(O)OCC(CO)OC(=O)CCCCCCCCCCCCC. The Morgan fingerprint density at radius 3 is 1.13 bits per heavy atom. The van der Waals surface area contributed by atoms with Crippen LogP contribution in [0.4, 0.5) is 0 Å². The van der Waals surface area contributed by atoms with Gasteiger partial charge in [0.05, 0.1) is 19.8 Å². The van der Waals surface area contributed by atoms with E-state index >= 15 is 0 Å². The van der Waals surface area contributed by atoms with Crippen LogP contribution < -0.4 is 0 Å². The molecule has 0 spiro atoms. The molecule has 0 aromatic heterocycles. The number of hydrogen-bond donors (Lipinski definition) is 2. The lowest BCUT2D eigenvalue weighted by Crippen LogP contribution is -2.30. The van der Waals surface area contributed by atoms with Crippen LogP contribution >= 0.6 is 7.82 Å². The summed E-state index contributed by atoms with van der Waals surface area (Å²) in [6.45, 7) is 4.60. The lowest BCUT2D eigenvalue weighted by Gasteiger charge is -2.21. The van der Waals surface area contributed by atoms with Crippen molar-refractivity contribution in [2.45, 2.75) is 277 Å². The minimum Gasteiger partial charge on any atom is -0.462 e. The summed E-state index contributed by atoms with van der Waals surface area (Å²) in [7, 11) is -4.74. The van der Waals surface area contributed by atoms with Gasteiger partial charge in [-0.1, -0.05) is 205 Å². The van der Waals surface area contributed by atoms with E-state index < -0.39 is 57.8 Å². The maximum atomic E-state index is 12.9. The molecule has 11 nitrogen and oxygen atoms in total. The Kier molecular flexibility index (Phi) is 49.3. The van der Waals surface area contributed by atoms with Gasteiger partial charge in [-0.15, -0.1) is 0 Å². The Balaban J connectivity index is 4.75. The zero-order valence-corrected chi connectivity index (χ0v) is 44.7. The number of aliphatic hydroxyl groups is 1. The average molecular weight is 983 g/mol. The van der Waals surface area contributed by atoms with Gasteiger partial charge in [0, 0.05) is 19.3 Å². The van der Waals surface area contributed by atoms with Crippen molar-refractivity contribution < 1.29 is 52.2 Å². The van der Waals surface area contributed by atoms with Crippen LogP contribution in [0.15, 0.2) is 36.5 Å². The van der Waals surface area contributed by atoms with Gasteiger partial charge in [0.15, 0.2) is 6.10 Å². The predicted molar refractivity (Wildman–Crippen MR) is 279 cm³/mol. The Hall–Kier alpha value is -2.30. The predicted octanol–water partition coefficient (Wildman–Crippen LogP) is 16.0. The molecular weight excluding hydrogens is 880 g/mol. The van der Waals surface area contributed by atoms with E-state index in [1.54, 1.807) is 0 Å². The number of aliphatic hydroxyl groups excluding tert-OH is 1. The van der Waals surface area contributed by atoms with E-state index in [2.05, 4.69) is 57.2 Å². The van der Waals surface area contributed by atoms with E-state index in [9.17, 15) is 28.9 Å². The van der Waals surface area contributed by atoms with Crippen molar-refractivity contribution in [1.82, 2.24) is 0 Å². The van der Waals surface area contributed by atoms with Crippen LogP contribution in [0.25, 0.3) is 0 Å². The minimum atomic E-state index is -4.74. The summed E-state index contributed by atoms with van der Waals surface area (Å²) in [5.74, 6) is -1.48. The quantitative estimate of drug-likeness (QED) is 0.0197. The second-order valence-electron chi connectivity index (χ2n) is 18.7. The largest absolute Gasteiger partial charge is 0.472 e. The molecule has 12 heteroatoms. The highest BCUT2D eigenvalue weighted by atomic mass is 31.2. The number of unbranched alkanes of at least 4 members (excludes halogenated alkanes) is 29. The molecular formula is C56H103O11P. The summed E-state index contributed by atoms with van der Waals surface area (Å²) in [5.41, 5.74) is 0. The Morgan fingerprint density at radius 1 is 0.412 bits per heavy atom. The third-order valence-electron chi connectivity index (χ3n) is 12.0. The molecule has 0 saturated heterocycles. The first kappa shape index (κ1) is 65.7. The van der Waals surface area contributed by atoms with Crippen LogP contribution in [-0.2, 0) is 42.2 Å². The number of carbonyl (C=O) groups excluding carboxylic acids is 3. The maximum Gasteiger partial charge on any atom is 0.472 e. The fourth-order valence-electron chi connectivity index (χ4n) is 7.73. The van der Waals surface area contributed by atoms with Crippen LogP contribution in [0.1, 0.15) is 265 Å². The molecule has 0 heterocycles. The van der Waals surface area contributed by atoms with Gasteiger partial charge < -0.3 is 24.2 Å². The third-order valence-corrected chi connectivity index (χ3v) is 13.0. The lowest BCUT2D eigenvalue weighted by molar-refractivity contribution is -0.161. The first-order valence-electron chi connectivity index (χ1n) is 27.9. The molecule has 3 unspecified atom stereocenters. The number of esters is 3. The molecule has 0 amide bonds. The molecule has 68 heavy (non-hydrogen) atoms. The number of carbonyl (C=O) groups is 3. The van der Waals surface area contributed by atoms with Crippen molar-refractivity contribution in [3.05, 3.63) is 36.5 Å². The monoisotopic (exact) mass is 983 g/mol. The summed E-state index contributed by atoms with van der Waals surface area (Å²) in [5, 5.41) is 9.78. The standard InChI is InChI=1S/C56H103O11P/c1-4-7-10-13-16-19-22-24-26-28-31-33-36-39-42-45-54(58)63-49-53(67-56(60)47-44-41-38-35-32-29-27-25-23-20-17-14-11-8-5-2)51-65-68(61,62)64-50-52(48-57)66-55(59)46-43-40-37-34-30-21-18-15-12-9-6-3/h17,20,24-27,52-53,57H,4-16,18-19,21-23,28-51H2,1-3H3,(H,61,62)/b20-17-,26-24-,27-25-. The molecule has 398 valence electrons. The highest BCUT2D eigenvalue weighted by molar-refractivity contribution is 7.47. The van der Waals surface area contributed by atoms with Crippen molar-refractivity contribution in [2.24, 2.45) is 0 Å². The molecule has 0 fully saturated rings. The molecule has 0 saturated carbocycles. The summed E-state index contributed by atoms with van der Waals surface area (Å²) >= 11 is 0. The third kappa shape index (κ3) is 48.7.